The van der Waals surface area contributed by atoms with E-state index < -0.39 is 16.0 Å². The maximum absolute atomic E-state index is 12.2. The van der Waals surface area contributed by atoms with Gasteiger partial charge in [-0.25, -0.2) is 13.1 Å². The van der Waals surface area contributed by atoms with Crippen LogP contribution in [0.2, 0.25) is 0 Å². The standard InChI is InChI=1S/C18H19NO5S/c1-14(20)16-8-5-9-17(12-16)25(22,23)19-11-10-18(21)24-13-15-6-3-2-4-7-15/h2-9,12,19H,10-11,13H2,1H3. The van der Waals surface area contributed by atoms with Crippen molar-refractivity contribution >= 4 is 21.8 Å². The van der Waals surface area contributed by atoms with Crippen LogP contribution < -0.4 is 4.72 Å². The number of Topliss-reactive ketones (excluding diaryl/α,β-unsaturated/α-hetero) is 1. The average molecular weight is 361 g/mol. The number of ether oxygens (including phenoxy) is 1. The fraction of sp³-hybridized carbons (Fsp3) is 0.222. The molecule has 0 aliphatic heterocycles. The molecule has 1 N–H and O–H groups in total. The van der Waals surface area contributed by atoms with E-state index in [4.69, 9.17) is 4.74 Å². The SMILES string of the molecule is CC(=O)c1cccc(S(=O)(=O)NCCC(=O)OCc2ccccc2)c1. The van der Waals surface area contributed by atoms with E-state index in [0.717, 1.165) is 5.56 Å². The van der Waals surface area contributed by atoms with E-state index in [1.54, 1.807) is 6.07 Å². The molecule has 0 spiro atoms. The highest BCUT2D eigenvalue weighted by Gasteiger charge is 2.15. The molecule has 132 valence electrons. The highest BCUT2D eigenvalue weighted by molar-refractivity contribution is 7.89. The molecule has 0 saturated carbocycles. The van der Waals surface area contributed by atoms with Gasteiger partial charge in [0.2, 0.25) is 10.0 Å². The summed E-state index contributed by atoms with van der Waals surface area (Å²) in [4.78, 5) is 23.0. The molecule has 0 aromatic heterocycles. The van der Waals surface area contributed by atoms with Crippen molar-refractivity contribution < 1.29 is 22.7 Å². The van der Waals surface area contributed by atoms with Crippen LogP contribution in [0, 0.1) is 0 Å². The Bertz CT molecular complexity index is 847. The molecule has 6 nitrogen and oxygen atoms in total. The lowest BCUT2D eigenvalue weighted by molar-refractivity contribution is -0.144. The van der Waals surface area contributed by atoms with Crippen LogP contribution in [-0.2, 0) is 26.2 Å². The molecule has 2 aromatic carbocycles. The van der Waals surface area contributed by atoms with E-state index in [2.05, 4.69) is 4.72 Å². The van der Waals surface area contributed by atoms with Gasteiger partial charge >= 0.3 is 5.97 Å². The summed E-state index contributed by atoms with van der Waals surface area (Å²) in [6.45, 7) is 1.43. The van der Waals surface area contributed by atoms with Gasteiger partial charge in [0.25, 0.3) is 0 Å². The van der Waals surface area contributed by atoms with Gasteiger partial charge in [0.1, 0.15) is 6.61 Å². The van der Waals surface area contributed by atoms with Crippen molar-refractivity contribution in [2.75, 3.05) is 6.54 Å². The van der Waals surface area contributed by atoms with Crippen LogP contribution in [0.25, 0.3) is 0 Å². The zero-order valence-electron chi connectivity index (χ0n) is 13.8. The monoisotopic (exact) mass is 361 g/mol. The van der Waals surface area contributed by atoms with Crippen molar-refractivity contribution in [2.24, 2.45) is 0 Å². The molecule has 0 bridgehead atoms. The first-order chi connectivity index (χ1) is 11.9. The molecule has 2 rings (SSSR count). The second-order valence-electron chi connectivity index (χ2n) is 5.38. The number of ketones is 1. The number of sulfonamides is 1. The van der Waals surface area contributed by atoms with Crippen LogP contribution in [0.1, 0.15) is 29.3 Å². The normalized spacial score (nSPS) is 11.1. The summed E-state index contributed by atoms with van der Waals surface area (Å²) in [7, 11) is -3.79. The van der Waals surface area contributed by atoms with Crippen molar-refractivity contribution in [3.63, 3.8) is 0 Å². The van der Waals surface area contributed by atoms with E-state index in [-0.39, 0.29) is 30.3 Å². The summed E-state index contributed by atoms with van der Waals surface area (Å²) in [5.74, 6) is -0.717. The van der Waals surface area contributed by atoms with E-state index in [1.165, 1.54) is 25.1 Å². The molecule has 0 saturated heterocycles. The zero-order chi connectivity index (χ0) is 18.3. The average Bonchev–Trinajstić information content (AvgIpc) is 2.61. The van der Waals surface area contributed by atoms with Crippen LogP contribution in [0.3, 0.4) is 0 Å². The Morgan fingerprint density at radius 3 is 2.44 bits per heavy atom. The molecule has 0 aliphatic rings. The Labute approximate surface area is 146 Å². The number of carbonyl (C=O) groups excluding carboxylic acids is 2. The van der Waals surface area contributed by atoms with E-state index in [1.807, 2.05) is 30.3 Å². The van der Waals surface area contributed by atoms with Gasteiger partial charge in [-0.1, -0.05) is 42.5 Å². The lowest BCUT2D eigenvalue weighted by Gasteiger charge is -2.08. The predicted octanol–water partition coefficient (Wildman–Crippen LogP) is 2.30. The predicted molar refractivity (Wildman–Crippen MR) is 92.5 cm³/mol. The maximum atomic E-state index is 12.2. The maximum Gasteiger partial charge on any atom is 0.307 e. The van der Waals surface area contributed by atoms with Crippen molar-refractivity contribution in [1.82, 2.24) is 4.72 Å². The minimum atomic E-state index is -3.79. The quantitative estimate of drug-likeness (QED) is 0.576. The van der Waals surface area contributed by atoms with Crippen LogP contribution in [0.4, 0.5) is 0 Å². The summed E-state index contributed by atoms with van der Waals surface area (Å²) in [5.41, 5.74) is 1.17. The van der Waals surface area contributed by atoms with Crippen molar-refractivity contribution in [2.45, 2.75) is 24.8 Å². The first kappa shape index (κ1) is 18.8. The molecule has 0 radical (unpaired) electrons. The molecule has 0 heterocycles. The fourth-order valence-electron chi connectivity index (χ4n) is 2.06. The van der Waals surface area contributed by atoms with Crippen LogP contribution in [-0.4, -0.2) is 26.7 Å². The van der Waals surface area contributed by atoms with Gasteiger partial charge in [0, 0.05) is 12.1 Å². The summed E-state index contributed by atoms with van der Waals surface area (Å²) < 4.78 is 31.8. The lowest BCUT2D eigenvalue weighted by atomic mass is 10.2. The van der Waals surface area contributed by atoms with Crippen LogP contribution in [0.15, 0.2) is 59.5 Å². The minimum absolute atomic E-state index is 0.0159. The third-order valence-corrected chi connectivity index (χ3v) is 4.87. The second kappa shape index (κ2) is 8.55. The molecule has 0 aliphatic carbocycles. The molecule has 7 heteroatoms. The Morgan fingerprint density at radius 2 is 1.76 bits per heavy atom. The molecule has 0 fully saturated rings. The first-order valence-corrected chi connectivity index (χ1v) is 9.17. The number of carbonyl (C=O) groups is 2. The third kappa shape index (κ3) is 5.81. The van der Waals surface area contributed by atoms with Crippen LogP contribution in [0.5, 0.6) is 0 Å². The zero-order valence-corrected chi connectivity index (χ0v) is 14.6. The van der Waals surface area contributed by atoms with E-state index >= 15 is 0 Å². The Balaban J connectivity index is 1.84. The molecule has 0 amide bonds. The van der Waals surface area contributed by atoms with Gasteiger partial charge in [-0.2, -0.15) is 0 Å². The minimum Gasteiger partial charge on any atom is -0.461 e. The van der Waals surface area contributed by atoms with Crippen LogP contribution >= 0.6 is 0 Å². The number of benzene rings is 2. The summed E-state index contributed by atoms with van der Waals surface area (Å²) in [6.07, 6.45) is -0.0849. The number of hydrogen-bond donors (Lipinski definition) is 1. The second-order valence-corrected chi connectivity index (χ2v) is 7.15. The van der Waals surface area contributed by atoms with Gasteiger partial charge in [-0.15, -0.1) is 0 Å². The molecular weight excluding hydrogens is 342 g/mol. The topological polar surface area (TPSA) is 89.5 Å². The smallest absolute Gasteiger partial charge is 0.307 e. The molecule has 25 heavy (non-hydrogen) atoms. The van der Waals surface area contributed by atoms with Gasteiger partial charge in [0.15, 0.2) is 5.78 Å². The Kier molecular flexibility index (Phi) is 6.44. The number of rotatable bonds is 8. The van der Waals surface area contributed by atoms with E-state index in [0.29, 0.717) is 5.56 Å². The van der Waals surface area contributed by atoms with Crippen molar-refractivity contribution in [3.05, 3.63) is 65.7 Å². The summed E-state index contributed by atoms with van der Waals surface area (Å²) >= 11 is 0. The van der Waals surface area contributed by atoms with Gasteiger partial charge in [-0.3, -0.25) is 9.59 Å². The summed E-state index contributed by atoms with van der Waals surface area (Å²) in [6, 6.07) is 14.9. The van der Waals surface area contributed by atoms with Crippen molar-refractivity contribution in [1.29, 1.82) is 0 Å². The number of hydrogen-bond acceptors (Lipinski definition) is 5. The third-order valence-electron chi connectivity index (χ3n) is 3.41. The molecule has 0 atom stereocenters. The molecule has 2 aromatic rings. The van der Waals surface area contributed by atoms with Gasteiger partial charge in [0.05, 0.1) is 11.3 Å². The highest BCUT2D eigenvalue weighted by Crippen LogP contribution is 2.12. The fourth-order valence-corrected chi connectivity index (χ4v) is 3.14. The Hall–Kier alpha value is -2.51. The van der Waals surface area contributed by atoms with Gasteiger partial charge in [-0.05, 0) is 24.6 Å². The first-order valence-electron chi connectivity index (χ1n) is 7.69. The highest BCUT2D eigenvalue weighted by atomic mass is 32.2. The molecular formula is C18H19NO5S. The largest absolute Gasteiger partial charge is 0.461 e. The van der Waals surface area contributed by atoms with Crippen molar-refractivity contribution in [3.8, 4) is 0 Å². The lowest BCUT2D eigenvalue weighted by Crippen LogP contribution is -2.27. The Morgan fingerprint density at radius 1 is 1.04 bits per heavy atom. The summed E-state index contributed by atoms with van der Waals surface area (Å²) in [5, 5.41) is 0. The number of nitrogens with one attached hydrogen (secondary N) is 1. The number of esters is 1. The van der Waals surface area contributed by atoms with E-state index in [9.17, 15) is 18.0 Å². The van der Waals surface area contributed by atoms with Gasteiger partial charge < -0.3 is 4.74 Å². The molecule has 0 unspecified atom stereocenters.